The number of halogens is 1. The molecule has 124 valence electrons. The van der Waals surface area contributed by atoms with Gasteiger partial charge in [-0.1, -0.05) is 29.4 Å². The molecule has 24 heavy (non-hydrogen) atoms. The predicted octanol–water partition coefficient (Wildman–Crippen LogP) is 4.08. The van der Waals surface area contributed by atoms with Crippen molar-refractivity contribution in [1.29, 1.82) is 0 Å². The average molecular weight is 362 g/mol. The van der Waals surface area contributed by atoms with E-state index in [0.29, 0.717) is 11.8 Å². The number of nitrogens with zero attached hydrogens (tertiary/aromatic N) is 4. The lowest BCUT2D eigenvalue weighted by molar-refractivity contribution is 0.384. The van der Waals surface area contributed by atoms with Crippen molar-refractivity contribution in [2.45, 2.75) is 16.7 Å². The standard InChI is InChI=1S/C16H16ClN5OS/c1-10-5-6-11(9-12(10)17)24-13-14(22(2)21-15(13)23-3)20-16-18-7-4-8-19-16/h4-9H,1-3H3,(H,18,19,20). The van der Waals surface area contributed by atoms with Gasteiger partial charge in [-0.15, -0.1) is 5.10 Å². The van der Waals surface area contributed by atoms with Gasteiger partial charge in [0.25, 0.3) is 0 Å². The number of rotatable bonds is 5. The number of ether oxygens (including phenoxy) is 1. The van der Waals surface area contributed by atoms with Crippen LogP contribution in [0.15, 0.2) is 46.5 Å². The molecule has 0 fully saturated rings. The summed E-state index contributed by atoms with van der Waals surface area (Å²) in [5.74, 6) is 1.77. The molecule has 0 saturated heterocycles. The van der Waals surface area contributed by atoms with Crippen LogP contribution in [0.1, 0.15) is 5.56 Å². The lowest BCUT2D eigenvalue weighted by atomic mass is 10.2. The van der Waals surface area contributed by atoms with Crippen LogP contribution in [0.25, 0.3) is 0 Å². The van der Waals surface area contributed by atoms with Crippen LogP contribution in [0.5, 0.6) is 5.88 Å². The highest BCUT2D eigenvalue weighted by Gasteiger charge is 2.19. The molecule has 1 N–H and O–H groups in total. The average Bonchev–Trinajstić information content (AvgIpc) is 2.88. The molecular weight excluding hydrogens is 346 g/mol. The van der Waals surface area contributed by atoms with Gasteiger partial charge in [-0.05, 0) is 30.7 Å². The van der Waals surface area contributed by atoms with E-state index < -0.39 is 0 Å². The van der Waals surface area contributed by atoms with E-state index in [1.54, 1.807) is 30.3 Å². The zero-order valence-corrected chi connectivity index (χ0v) is 15.0. The van der Waals surface area contributed by atoms with Crippen LogP contribution in [-0.4, -0.2) is 26.9 Å². The van der Waals surface area contributed by atoms with Gasteiger partial charge in [0.05, 0.1) is 7.11 Å². The first kappa shape index (κ1) is 16.6. The summed E-state index contributed by atoms with van der Waals surface area (Å²) in [5.41, 5.74) is 1.04. The van der Waals surface area contributed by atoms with Crippen molar-refractivity contribution in [2.75, 3.05) is 12.4 Å². The van der Waals surface area contributed by atoms with Crippen molar-refractivity contribution in [3.8, 4) is 5.88 Å². The summed E-state index contributed by atoms with van der Waals surface area (Å²) in [6.07, 6.45) is 3.35. The number of benzene rings is 1. The number of aromatic nitrogens is 4. The second-order valence-electron chi connectivity index (χ2n) is 5.02. The molecule has 0 unspecified atom stereocenters. The molecule has 3 aromatic rings. The van der Waals surface area contributed by atoms with Crippen molar-refractivity contribution < 1.29 is 4.74 Å². The van der Waals surface area contributed by atoms with E-state index in [2.05, 4.69) is 20.4 Å². The lowest BCUT2D eigenvalue weighted by Crippen LogP contribution is -2.02. The number of aryl methyl sites for hydroxylation is 2. The Morgan fingerprint density at radius 3 is 2.67 bits per heavy atom. The highest BCUT2D eigenvalue weighted by molar-refractivity contribution is 7.99. The molecule has 0 atom stereocenters. The van der Waals surface area contributed by atoms with Crippen molar-refractivity contribution in [3.05, 3.63) is 47.2 Å². The van der Waals surface area contributed by atoms with E-state index in [4.69, 9.17) is 16.3 Å². The Kier molecular flexibility index (Phi) is 4.92. The van der Waals surface area contributed by atoms with Crippen LogP contribution in [-0.2, 0) is 7.05 Å². The first-order valence-electron chi connectivity index (χ1n) is 7.17. The molecule has 3 rings (SSSR count). The summed E-state index contributed by atoms with van der Waals surface area (Å²) in [7, 11) is 3.43. The quantitative estimate of drug-likeness (QED) is 0.738. The molecule has 0 saturated carbocycles. The van der Waals surface area contributed by atoms with Crippen molar-refractivity contribution >= 4 is 35.1 Å². The lowest BCUT2D eigenvalue weighted by Gasteiger charge is -2.08. The van der Waals surface area contributed by atoms with Crippen molar-refractivity contribution in [3.63, 3.8) is 0 Å². The van der Waals surface area contributed by atoms with Gasteiger partial charge in [-0.2, -0.15) is 0 Å². The van der Waals surface area contributed by atoms with Gasteiger partial charge in [-0.3, -0.25) is 0 Å². The molecule has 8 heteroatoms. The van der Waals surface area contributed by atoms with Crippen LogP contribution < -0.4 is 10.1 Å². The van der Waals surface area contributed by atoms with Crippen LogP contribution >= 0.6 is 23.4 Å². The monoisotopic (exact) mass is 361 g/mol. The summed E-state index contributed by atoms with van der Waals surface area (Å²) < 4.78 is 7.11. The maximum absolute atomic E-state index is 6.23. The fraction of sp³-hybridized carbons (Fsp3) is 0.188. The molecule has 0 spiro atoms. The largest absolute Gasteiger partial charge is 0.479 e. The number of nitrogens with one attached hydrogen (secondary N) is 1. The molecular formula is C16H16ClN5OS. The SMILES string of the molecule is COc1nn(C)c(Nc2ncccn2)c1Sc1ccc(C)c(Cl)c1. The highest BCUT2D eigenvalue weighted by Crippen LogP contribution is 2.41. The zero-order valence-electron chi connectivity index (χ0n) is 13.4. The normalized spacial score (nSPS) is 10.7. The van der Waals surface area contributed by atoms with Gasteiger partial charge < -0.3 is 10.1 Å². The minimum atomic E-state index is 0.493. The Morgan fingerprint density at radius 2 is 2.00 bits per heavy atom. The summed E-state index contributed by atoms with van der Waals surface area (Å²) in [5, 5.41) is 8.30. The number of hydrogen-bond donors (Lipinski definition) is 1. The Bertz CT molecular complexity index is 853. The van der Waals surface area contributed by atoms with Crippen LogP contribution in [0, 0.1) is 6.92 Å². The summed E-state index contributed by atoms with van der Waals surface area (Å²) in [4.78, 5) is 10.2. The predicted molar refractivity (Wildman–Crippen MR) is 95.4 cm³/mol. The van der Waals surface area contributed by atoms with E-state index in [1.165, 1.54) is 11.8 Å². The van der Waals surface area contributed by atoms with E-state index in [-0.39, 0.29) is 0 Å². The van der Waals surface area contributed by atoms with Gasteiger partial charge in [0.1, 0.15) is 10.7 Å². The van der Waals surface area contributed by atoms with E-state index >= 15 is 0 Å². The topological polar surface area (TPSA) is 64.9 Å². The van der Waals surface area contributed by atoms with E-state index in [9.17, 15) is 0 Å². The first-order chi connectivity index (χ1) is 11.6. The number of methoxy groups -OCH3 is 1. The van der Waals surface area contributed by atoms with E-state index in [0.717, 1.165) is 26.2 Å². The molecule has 0 radical (unpaired) electrons. The Morgan fingerprint density at radius 1 is 1.25 bits per heavy atom. The smallest absolute Gasteiger partial charge is 0.249 e. The third kappa shape index (κ3) is 3.47. The molecule has 6 nitrogen and oxygen atoms in total. The summed E-state index contributed by atoms with van der Waals surface area (Å²) in [6.45, 7) is 1.97. The van der Waals surface area contributed by atoms with Crippen molar-refractivity contribution in [2.24, 2.45) is 7.05 Å². The maximum Gasteiger partial charge on any atom is 0.249 e. The first-order valence-corrected chi connectivity index (χ1v) is 8.37. The molecule has 2 aromatic heterocycles. The number of anilines is 2. The minimum absolute atomic E-state index is 0.493. The Labute approximate surface area is 149 Å². The second-order valence-corrected chi connectivity index (χ2v) is 6.51. The van der Waals surface area contributed by atoms with Gasteiger partial charge in [0.2, 0.25) is 11.8 Å². The summed E-state index contributed by atoms with van der Waals surface area (Å²) >= 11 is 7.74. The zero-order chi connectivity index (χ0) is 17.1. The van der Waals surface area contributed by atoms with Crippen LogP contribution in [0.2, 0.25) is 5.02 Å². The third-order valence-electron chi connectivity index (χ3n) is 3.33. The molecule has 0 aliphatic rings. The van der Waals surface area contributed by atoms with Crippen LogP contribution in [0.3, 0.4) is 0 Å². The second kappa shape index (κ2) is 7.11. The minimum Gasteiger partial charge on any atom is -0.479 e. The van der Waals surface area contributed by atoms with Gasteiger partial charge in [0.15, 0.2) is 0 Å². The Hall–Kier alpha value is -2.25. The van der Waals surface area contributed by atoms with Crippen molar-refractivity contribution in [1.82, 2.24) is 19.7 Å². The Balaban J connectivity index is 1.97. The van der Waals surface area contributed by atoms with Crippen LogP contribution in [0.4, 0.5) is 11.8 Å². The highest BCUT2D eigenvalue weighted by atomic mass is 35.5. The van der Waals surface area contributed by atoms with Gasteiger partial charge >= 0.3 is 0 Å². The number of hydrogen-bond acceptors (Lipinski definition) is 6. The summed E-state index contributed by atoms with van der Waals surface area (Å²) in [6, 6.07) is 7.69. The molecule has 1 aromatic carbocycles. The molecule has 2 heterocycles. The fourth-order valence-electron chi connectivity index (χ4n) is 2.07. The van der Waals surface area contributed by atoms with Gasteiger partial charge in [0, 0.05) is 29.4 Å². The molecule has 0 amide bonds. The van der Waals surface area contributed by atoms with E-state index in [1.807, 2.05) is 32.2 Å². The molecule has 0 aliphatic heterocycles. The van der Waals surface area contributed by atoms with Gasteiger partial charge in [-0.25, -0.2) is 14.6 Å². The third-order valence-corrected chi connectivity index (χ3v) is 4.80. The fourth-order valence-corrected chi connectivity index (χ4v) is 3.35. The maximum atomic E-state index is 6.23. The molecule has 0 bridgehead atoms. The molecule has 0 aliphatic carbocycles.